The van der Waals surface area contributed by atoms with Gasteiger partial charge in [0, 0.05) is 26.4 Å². The number of aromatic nitrogens is 1. The van der Waals surface area contributed by atoms with Crippen molar-refractivity contribution in [3.63, 3.8) is 0 Å². The van der Waals surface area contributed by atoms with E-state index in [1.54, 1.807) is 29.2 Å². The van der Waals surface area contributed by atoms with Gasteiger partial charge in [0.1, 0.15) is 5.71 Å². The van der Waals surface area contributed by atoms with Crippen molar-refractivity contribution in [1.29, 1.82) is 0 Å². The molecule has 98 valence electrons. The molecule has 1 N–H and O–H groups in total. The number of hydrogen-bond donors (Lipinski definition) is 1. The van der Waals surface area contributed by atoms with Crippen LogP contribution in [0, 0.1) is 0 Å². The predicted molar refractivity (Wildman–Crippen MR) is 70.5 cm³/mol. The van der Waals surface area contributed by atoms with Crippen molar-refractivity contribution in [1.82, 2.24) is 9.63 Å². The summed E-state index contributed by atoms with van der Waals surface area (Å²) >= 11 is 0. The predicted octanol–water partition coefficient (Wildman–Crippen LogP) is 0.566. The lowest BCUT2D eigenvalue weighted by Gasteiger charge is -2.18. The fraction of sp³-hybridized carbons (Fsp3) is 0.154. The molecule has 1 aromatic rings. The molecule has 1 heterocycles. The van der Waals surface area contributed by atoms with E-state index in [1.165, 1.54) is 18.3 Å². The fourth-order valence-electron chi connectivity index (χ4n) is 1.56. The SMILES string of the molecule is CN(C)C1=CC(=O)C=CC1=NN=c1ccccn1O. The first-order chi connectivity index (χ1) is 9.08. The molecule has 0 aromatic carbocycles. The second kappa shape index (κ2) is 5.34. The number of carbonyl (C=O) groups excluding carboxylic acids is 1. The van der Waals surface area contributed by atoms with E-state index in [4.69, 9.17) is 0 Å². The van der Waals surface area contributed by atoms with Crippen LogP contribution < -0.4 is 5.49 Å². The molecule has 0 spiro atoms. The fourth-order valence-corrected chi connectivity index (χ4v) is 1.56. The Morgan fingerprint density at radius 2 is 2.00 bits per heavy atom. The topological polar surface area (TPSA) is 70.2 Å². The first-order valence-corrected chi connectivity index (χ1v) is 5.68. The third-order valence-corrected chi connectivity index (χ3v) is 2.51. The zero-order chi connectivity index (χ0) is 13.8. The van der Waals surface area contributed by atoms with Gasteiger partial charge >= 0.3 is 0 Å². The third-order valence-electron chi connectivity index (χ3n) is 2.51. The van der Waals surface area contributed by atoms with Crippen LogP contribution in [-0.2, 0) is 4.79 Å². The van der Waals surface area contributed by atoms with E-state index in [9.17, 15) is 10.0 Å². The monoisotopic (exact) mass is 258 g/mol. The highest BCUT2D eigenvalue weighted by atomic mass is 16.5. The molecule has 19 heavy (non-hydrogen) atoms. The van der Waals surface area contributed by atoms with E-state index in [-0.39, 0.29) is 5.78 Å². The number of allylic oxidation sites excluding steroid dienone is 3. The quantitative estimate of drug-likeness (QED) is 0.479. The molecule has 0 radical (unpaired) electrons. The van der Waals surface area contributed by atoms with E-state index in [0.29, 0.717) is 16.9 Å². The Hall–Kier alpha value is -2.63. The summed E-state index contributed by atoms with van der Waals surface area (Å²) in [6.07, 6.45) is 5.99. The highest BCUT2D eigenvalue weighted by Crippen LogP contribution is 2.09. The molecule has 0 aliphatic heterocycles. The Morgan fingerprint density at radius 1 is 1.21 bits per heavy atom. The number of pyridine rings is 1. The molecule has 1 aromatic heterocycles. The smallest absolute Gasteiger partial charge is 0.189 e. The number of nitrogens with zero attached hydrogens (tertiary/aromatic N) is 4. The molecule has 0 saturated heterocycles. The van der Waals surface area contributed by atoms with E-state index in [2.05, 4.69) is 10.2 Å². The van der Waals surface area contributed by atoms with E-state index < -0.39 is 0 Å². The molecule has 0 fully saturated rings. The Morgan fingerprint density at radius 3 is 2.68 bits per heavy atom. The molecule has 1 aliphatic carbocycles. The van der Waals surface area contributed by atoms with Crippen LogP contribution in [0.4, 0.5) is 0 Å². The zero-order valence-electron chi connectivity index (χ0n) is 10.7. The Labute approximate surface area is 110 Å². The number of hydrogen-bond acceptors (Lipinski definition) is 5. The second-order valence-electron chi connectivity index (χ2n) is 4.15. The zero-order valence-corrected chi connectivity index (χ0v) is 10.7. The van der Waals surface area contributed by atoms with Gasteiger partial charge in [0.15, 0.2) is 11.3 Å². The normalized spacial score (nSPS) is 17.8. The maximum atomic E-state index is 11.3. The minimum absolute atomic E-state index is 0.0837. The average molecular weight is 258 g/mol. The molecular weight excluding hydrogens is 244 g/mol. The van der Waals surface area contributed by atoms with Gasteiger partial charge in [-0.3, -0.25) is 4.79 Å². The van der Waals surface area contributed by atoms with Gasteiger partial charge in [-0.1, -0.05) is 6.07 Å². The Bertz CT molecular complexity index is 651. The first kappa shape index (κ1) is 12.8. The van der Waals surface area contributed by atoms with Crippen LogP contribution in [0.1, 0.15) is 0 Å². The molecule has 2 rings (SSSR count). The van der Waals surface area contributed by atoms with Crippen LogP contribution in [0.3, 0.4) is 0 Å². The van der Waals surface area contributed by atoms with Gasteiger partial charge in [0.25, 0.3) is 0 Å². The largest absolute Gasteiger partial charge is 0.427 e. The lowest BCUT2D eigenvalue weighted by atomic mass is 10.1. The van der Waals surface area contributed by atoms with E-state index in [0.717, 1.165) is 4.73 Å². The number of ketones is 1. The summed E-state index contributed by atoms with van der Waals surface area (Å²) in [5.74, 6) is -0.0837. The van der Waals surface area contributed by atoms with Gasteiger partial charge in [0.2, 0.25) is 0 Å². The molecular formula is C13H14N4O2. The van der Waals surface area contributed by atoms with Crippen LogP contribution in [0.2, 0.25) is 0 Å². The van der Waals surface area contributed by atoms with Crippen LogP contribution in [0.5, 0.6) is 0 Å². The van der Waals surface area contributed by atoms with Crippen LogP contribution in [0.15, 0.2) is 58.5 Å². The Kier molecular flexibility index (Phi) is 3.61. The summed E-state index contributed by atoms with van der Waals surface area (Å²) in [5.41, 5.74) is 1.54. The van der Waals surface area contributed by atoms with Crippen molar-refractivity contribution < 1.29 is 10.0 Å². The van der Waals surface area contributed by atoms with Gasteiger partial charge in [0.05, 0.1) is 5.70 Å². The summed E-state index contributed by atoms with van der Waals surface area (Å²) in [5, 5.41) is 17.5. The molecule has 6 nitrogen and oxygen atoms in total. The van der Waals surface area contributed by atoms with Gasteiger partial charge in [-0.25, -0.2) is 0 Å². The van der Waals surface area contributed by atoms with Crippen molar-refractivity contribution in [3.05, 3.63) is 53.8 Å². The van der Waals surface area contributed by atoms with Crippen molar-refractivity contribution >= 4 is 11.5 Å². The van der Waals surface area contributed by atoms with Gasteiger partial charge in [-0.15, -0.1) is 10.2 Å². The summed E-state index contributed by atoms with van der Waals surface area (Å²) in [6, 6.07) is 5.05. The molecule has 1 aliphatic rings. The van der Waals surface area contributed by atoms with E-state index >= 15 is 0 Å². The van der Waals surface area contributed by atoms with Gasteiger partial charge in [-0.05, 0) is 24.3 Å². The summed E-state index contributed by atoms with van der Waals surface area (Å²) in [6.45, 7) is 0. The van der Waals surface area contributed by atoms with Crippen molar-refractivity contribution in [2.45, 2.75) is 0 Å². The van der Waals surface area contributed by atoms with Crippen LogP contribution >= 0.6 is 0 Å². The third kappa shape index (κ3) is 2.98. The molecule has 0 unspecified atom stereocenters. The maximum absolute atomic E-state index is 11.3. The first-order valence-electron chi connectivity index (χ1n) is 5.68. The Balaban J connectivity index is 2.41. The molecule has 0 saturated carbocycles. The van der Waals surface area contributed by atoms with Crippen molar-refractivity contribution in [2.24, 2.45) is 10.2 Å². The highest BCUT2D eigenvalue weighted by molar-refractivity contribution is 6.19. The maximum Gasteiger partial charge on any atom is 0.189 e. The summed E-state index contributed by atoms with van der Waals surface area (Å²) < 4.78 is 0.876. The van der Waals surface area contributed by atoms with Crippen molar-refractivity contribution in [2.75, 3.05) is 14.1 Å². The van der Waals surface area contributed by atoms with Crippen LogP contribution in [0.25, 0.3) is 0 Å². The van der Waals surface area contributed by atoms with Gasteiger partial charge in [-0.2, -0.15) is 4.73 Å². The minimum Gasteiger partial charge on any atom is -0.427 e. The van der Waals surface area contributed by atoms with Crippen molar-refractivity contribution in [3.8, 4) is 0 Å². The van der Waals surface area contributed by atoms with E-state index in [1.807, 2.05) is 14.1 Å². The lowest BCUT2D eigenvalue weighted by Crippen LogP contribution is -2.22. The summed E-state index contributed by atoms with van der Waals surface area (Å²) in [4.78, 5) is 13.1. The van der Waals surface area contributed by atoms with Crippen LogP contribution in [-0.4, -0.2) is 40.4 Å². The van der Waals surface area contributed by atoms with Gasteiger partial charge < -0.3 is 10.1 Å². The molecule has 6 heteroatoms. The molecule has 0 amide bonds. The average Bonchev–Trinajstić information content (AvgIpc) is 2.38. The number of rotatable bonds is 2. The molecule has 0 atom stereocenters. The summed E-state index contributed by atoms with van der Waals surface area (Å²) in [7, 11) is 3.64. The molecule has 0 bridgehead atoms. The minimum atomic E-state index is -0.0837. The number of carbonyl (C=O) groups is 1. The lowest BCUT2D eigenvalue weighted by molar-refractivity contribution is -0.110. The second-order valence-corrected chi connectivity index (χ2v) is 4.15. The highest BCUT2D eigenvalue weighted by Gasteiger charge is 2.13. The standard InChI is InChI=1S/C13H14N4O2/c1-16(2)12-9-10(18)6-7-11(12)14-15-13-5-3-4-8-17(13)19/h3-9,19H,1-2H3.